The van der Waals surface area contributed by atoms with E-state index >= 15 is 0 Å². The van der Waals surface area contributed by atoms with Crippen molar-refractivity contribution >= 4 is 12.3 Å². The van der Waals surface area contributed by atoms with Crippen molar-refractivity contribution in [1.29, 1.82) is 0 Å². The smallest absolute Gasteiger partial charge is 0.355 e. The maximum Gasteiger partial charge on any atom is 0.355 e. The van der Waals surface area contributed by atoms with E-state index in [2.05, 4.69) is 16.8 Å². The summed E-state index contributed by atoms with van der Waals surface area (Å²) in [6, 6.07) is 0. The first-order chi connectivity index (χ1) is 7.61. The number of aldehydes is 1. The molecule has 0 saturated heterocycles. The van der Waals surface area contributed by atoms with E-state index in [9.17, 15) is 9.59 Å². The number of aromatic amines is 1. The fraction of sp³-hybridized carbons (Fsp3) is 0.333. The van der Waals surface area contributed by atoms with Crippen LogP contribution in [0.1, 0.15) is 34.2 Å². The van der Waals surface area contributed by atoms with Crippen LogP contribution in [0, 0.1) is 25.7 Å². The summed E-state index contributed by atoms with van der Waals surface area (Å²) in [4.78, 5) is 24.6. The Kier molecular flexibility index (Phi) is 3.90. The number of H-pyrrole nitrogens is 1. The lowest BCUT2D eigenvalue weighted by atomic mass is 10.1. The lowest BCUT2D eigenvalue weighted by Gasteiger charge is -1.99. The van der Waals surface area contributed by atoms with E-state index in [1.165, 1.54) is 0 Å². The minimum Gasteiger partial charge on any atom is -0.461 e. The lowest BCUT2D eigenvalue weighted by molar-refractivity contribution is -0.103. The third kappa shape index (κ3) is 2.31. The molecule has 0 fully saturated rings. The van der Waals surface area contributed by atoms with Gasteiger partial charge in [0.1, 0.15) is 5.69 Å². The number of hydrogen-bond donors (Lipinski definition) is 1. The molecule has 0 saturated carbocycles. The molecule has 0 radical (unpaired) electrons. The Morgan fingerprint density at radius 2 is 2.19 bits per heavy atom. The number of rotatable bonds is 2. The van der Waals surface area contributed by atoms with Gasteiger partial charge in [-0.2, -0.15) is 0 Å². The van der Waals surface area contributed by atoms with Crippen molar-refractivity contribution in [1.82, 2.24) is 4.98 Å². The highest BCUT2D eigenvalue weighted by Gasteiger charge is 2.16. The third-order valence-corrected chi connectivity index (χ3v) is 2.17. The monoisotopic (exact) mass is 219 g/mol. The molecule has 16 heavy (non-hydrogen) atoms. The van der Waals surface area contributed by atoms with Crippen LogP contribution in [-0.2, 0) is 9.53 Å². The number of aryl methyl sites for hydroxylation is 1. The highest BCUT2D eigenvalue weighted by Crippen LogP contribution is 2.17. The van der Waals surface area contributed by atoms with Gasteiger partial charge in [0.05, 0.1) is 6.61 Å². The SMILES string of the molecule is CCOC(=O)c1[nH]c(C)c(C#CC=O)c1C. The highest BCUT2D eigenvalue weighted by molar-refractivity contribution is 5.90. The molecule has 1 N–H and O–H groups in total. The summed E-state index contributed by atoms with van der Waals surface area (Å²) in [7, 11) is 0. The molecule has 0 amide bonds. The molecule has 0 spiro atoms. The number of esters is 1. The van der Waals surface area contributed by atoms with Gasteiger partial charge in [0, 0.05) is 11.3 Å². The van der Waals surface area contributed by atoms with E-state index in [1.807, 2.05) is 0 Å². The molecule has 0 aromatic carbocycles. The average molecular weight is 219 g/mol. The number of carbonyl (C=O) groups excluding carboxylic acids is 2. The Morgan fingerprint density at radius 1 is 1.50 bits per heavy atom. The molecule has 84 valence electrons. The second-order valence-corrected chi connectivity index (χ2v) is 3.23. The fourth-order valence-electron chi connectivity index (χ4n) is 1.45. The second kappa shape index (κ2) is 5.17. The van der Waals surface area contributed by atoms with Crippen molar-refractivity contribution in [3.05, 3.63) is 22.5 Å². The Morgan fingerprint density at radius 3 is 2.75 bits per heavy atom. The van der Waals surface area contributed by atoms with Gasteiger partial charge in [-0.3, -0.25) is 4.79 Å². The summed E-state index contributed by atoms with van der Waals surface area (Å²) in [5.74, 6) is 4.62. The molecule has 1 aromatic heterocycles. The van der Waals surface area contributed by atoms with Gasteiger partial charge in [-0.25, -0.2) is 4.79 Å². The van der Waals surface area contributed by atoms with Gasteiger partial charge >= 0.3 is 5.97 Å². The topological polar surface area (TPSA) is 59.2 Å². The van der Waals surface area contributed by atoms with Crippen LogP contribution in [0.15, 0.2) is 0 Å². The molecule has 0 aliphatic rings. The number of nitrogens with one attached hydrogen (secondary N) is 1. The predicted molar refractivity (Wildman–Crippen MR) is 59.2 cm³/mol. The quantitative estimate of drug-likeness (QED) is 0.464. The first kappa shape index (κ1) is 12.1. The molecule has 4 nitrogen and oxygen atoms in total. The van der Waals surface area contributed by atoms with Gasteiger partial charge in [-0.15, -0.1) is 0 Å². The molecule has 1 rings (SSSR count). The fourth-order valence-corrected chi connectivity index (χ4v) is 1.45. The van der Waals surface area contributed by atoms with Gasteiger partial charge in [0.25, 0.3) is 0 Å². The van der Waals surface area contributed by atoms with Crippen LogP contribution in [0.4, 0.5) is 0 Å². The summed E-state index contributed by atoms with van der Waals surface area (Å²) in [5, 5.41) is 0. The number of ether oxygens (including phenoxy) is 1. The van der Waals surface area contributed by atoms with Crippen molar-refractivity contribution in [3.8, 4) is 11.8 Å². The Balaban J connectivity index is 3.15. The van der Waals surface area contributed by atoms with Crippen LogP contribution in [0.3, 0.4) is 0 Å². The van der Waals surface area contributed by atoms with E-state index < -0.39 is 5.97 Å². The molecular weight excluding hydrogens is 206 g/mol. The van der Waals surface area contributed by atoms with E-state index in [0.717, 1.165) is 5.69 Å². The van der Waals surface area contributed by atoms with Gasteiger partial charge in [-0.05, 0) is 32.3 Å². The molecular formula is C12H13NO3. The van der Waals surface area contributed by atoms with Crippen LogP contribution >= 0.6 is 0 Å². The first-order valence-electron chi connectivity index (χ1n) is 4.93. The third-order valence-electron chi connectivity index (χ3n) is 2.17. The van der Waals surface area contributed by atoms with Gasteiger partial charge in [-0.1, -0.05) is 5.92 Å². The second-order valence-electron chi connectivity index (χ2n) is 3.23. The van der Waals surface area contributed by atoms with Crippen LogP contribution in [-0.4, -0.2) is 23.8 Å². The Bertz CT molecular complexity index is 474. The van der Waals surface area contributed by atoms with E-state index in [0.29, 0.717) is 29.7 Å². The minimum absolute atomic E-state index is 0.325. The van der Waals surface area contributed by atoms with Crippen molar-refractivity contribution in [2.75, 3.05) is 6.61 Å². The maximum atomic E-state index is 11.5. The molecule has 0 bridgehead atoms. The first-order valence-corrected chi connectivity index (χ1v) is 4.93. The lowest BCUT2D eigenvalue weighted by Crippen LogP contribution is -2.06. The molecule has 4 heteroatoms. The summed E-state index contributed by atoms with van der Waals surface area (Å²) in [5.41, 5.74) is 2.55. The van der Waals surface area contributed by atoms with Gasteiger partial charge in [0.2, 0.25) is 0 Å². The summed E-state index contributed by atoms with van der Waals surface area (Å²) < 4.78 is 4.89. The van der Waals surface area contributed by atoms with Crippen LogP contribution in [0.2, 0.25) is 0 Å². The summed E-state index contributed by atoms with van der Waals surface area (Å²) in [6.07, 6.45) is 0.524. The summed E-state index contributed by atoms with van der Waals surface area (Å²) >= 11 is 0. The summed E-state index contributed by atoms with van der Waals surface area (Å²) in [6.45, 7) is 5.64. The average Bonchev–Trinajstić information content (AvgIpc) is 2.53. The number of hydrogen-bond acceptors (Lipinski definition) is 3. The normalized spacial score (nSPS) is 9.19. The van der Waals surface area contributed by atoms with E-state index in [4.69, 9.17) is 4.74 Å². The minimum atomic E-state index is -0.401. The van der Waals surface area contributed by atoms with Crippen molar-refractivity contribution in [2.24, 2.45) is 0 Å². The molecule has 1 heterocycles. The zero-order valence-electron chi connectivity index (χ0n) is 9.51. The predicted octanol–water partition coefficient (Wildman–Crippen LogP) is 1.36. The van der Waals surface area contributed by atoms with E-state index in [1.54, 1.807) is 20.8 Å². The zero-order valence-corrected chi connectivity index (χ0v) is 9.51. The van der Waals surface area contributed by atoms with Crippen molar-refractivity contribution < 1.29 is 14.3 Å². The number of carbonyl (C=O) groups is 2. The van der Waals surface area contributed by atoms with E-state index in [-0.39, 0.29) is 0 Å². The van der Waals surface area contributed by atoms with Crippen LogP contribution in [0.5, 0.6) is 0 Å². The zero-order chi connectivity index (χ0) is 12.1. The number of aromatic nitrogens is 1. The van der Waals surface area contributed by atoms with Gasteiger partial charge < -0.3 is 9.72 Å². The Hall–Kier alpha value is -2.02. The van der Waals surface area contributed by atoms with Crippen molar-refractivity contribution in [2.45, 2.75) is 20.8 Å². The molecule has 1 aromatic rings. The van der Waals surface area contributed by atoms with Gasteiger partial charge in [0.15, 0.2) is 6.29 Å². The molecule has 0 atom stereocenters. The molecule has 0 aliphatic carbocycles. The van der Waals surface area contributed by atoms with Crippen molar-refractivity contribution in [3.63, 3.8) is 0 Å². The highest BCUT2D eigenvalue weighted by atomic mass is 16.5. The Labute approximate surface area is 94.0 Å². The molecule has 0 unspecified atom stereocenters. The van der Waals surface area contributed by atoms with Crippen LogP contribution < -0.4 is 0 Å². The largest absolute Gasteiger partial charge is 0.461 e. The standard InChI is InChI=1S/C12H13NO3/c1-4-16-12(15)11-8(2)10(6-5-7-14)9(3)13-11/h7,13H,4H2,1-3H3. The maximum absolute atomic E-state index is 11.5. The van der Waals surface area contributed by atoms with Crippen LogP contribution in [0.25, 0.3) is 0 Å². The molecule has 0 aliphatic heterocycles.